The first-order valence-electron chi connectivity index (χ1n) is 5.98. The van der Waals surface area contributed by atoms with Crippen molar-refractivity contribution in [1.29, 1.82) is 0 Å². The van der Waals surface area contributed by atoms with E-state index in [0.29, 0.717) is 0 Å². The number of carboxylic acid groups (broad SMARTS) is 1. The Balaban J connectivity index is 1.86. The summed E-state index contributed by atoms with van der Waals surface area (Å²) in [5, 5.41) is 11.1. The normalized spacial score (nSPS) is 16.4. The van der Waals surface area contributed by atoms with Gasteiger partial charge in [-0.05, 0) is 30.9 Å². The summed E-state index contributed by atoms with van der Waals surface area (Å²) in [5.74, 6) is -4.19. The number of fused-ring (bicyclic) bond motifs is 1. The highest BCUT2D eigenvalue weighted by molar-refractivity contribution is 7.12. The van der Waals surface area contributed by atoms with Crippen molar-refractivity contribution >= 4 is 17.3 Å². The van der Waals surface area contributed by atoms with Crippen LogP contribution in [0.15, 0.2) is 6.07 Å². The van der Waals surface area contributed by atoms with Crippen LogP contribution in [0.1, 0.15) is 21.7 Å². The molecule has 2 rings (SSSR count). The summed E-state index contributed by atoms with van der Waals surface area (Å²) >= 11 is 1.60. The van der Waals surface area contributed by atoms with E-state index in [9.17, 15) is 18.0 Å². The number of halogens is 3. The topological polar surface area (TPSA) is 49.3 Å². The van der Waals surface area contributed by atoms with E-state index in [-0.39, 0.29) is 6.54 Å². The van der Waals surface area contributed by atoms with E-state index in [0.717, 1.165) is 24.1 Å². The summed E-state index contributed by atoms with van der Waals surface area (Å²) in [5.41, 5.74) is 1.28. The Bertz CT molecular complexity index is 449. The first kappa shape index (κ1) is 14.3. The molecule has 0 saturated carbocycles. The van der Waals surface area contributed by atoms with Gasteiger partial charge in [-0.3, -0.25) is 4.79 Å². The summed E-state index contributed by atoms with van der Waals surface area (Å²) in [6, 6.07) is 2.00. The van der Waals surface area contributed by atoms with Crippen molar-refractivity contribution in [2.45, 2.75) is 32.0 Å². The molecule has 106 valence electrons. The van der Waals surface area contributed by atoms with E-state index in [4.69, 9.17) is 5.11 Å². The number of hydrogen-bond acceptors (Lipinski definition) is 3. The Labute approximate surface area is 112 Å². The molecule has 1 atom stereocenters. The Hall–Kier alpha value is -1.08. The summed E-state index contributed by atoms with van der Waals surface area (Å²) in [4.78, 5) is 12.8. The van der Waals surface area contributed by atoms with E-state index < -0.39 is 24.6 Å². The molecule has 0 radical (unpaired) electrons. The number of alkyl halides is 3. The number of thiophene rings is 1. The first-order valence-corrected chi connectivity index (χ1v) is 6.80. The van der Waals surface area contributed by atoms with Crippen LogP contribution in [0.2, 0.25) is 0 Å². The Morgan fingerprint density at radius 3 is 2.79 bits per heavy atom. The smallest absolute Gasteiger partial charge is 0.403 e. The Morgan fingerprint density at radius 2 is 2.21 bits per heavy atom. The van der Waals surface area contributed by atoms with Crippen LogP contribution in [0, 0.1) is 5.92 Å². The number of rotatable bonds is 5. The largest absolute Gasteiger partial charge is 0.481 e. The van der Waals surface area contributed by atoms with E-state index in [1.54, 1.807) is 11.3 Å². The highest BCUT2D eigenvalue weighted by Gasteiger charge is 2.44. The van der Waals surface area contributed by atoms with Crippen LogP contribution in [-0.4, -0.2) is 23.8 Å². The molecular weight excluding hydrogens is 279 g/mol. The van der Waals surface area contributed by atoms with Gasteiger partial charge in [0.15, 0.2) is 5.92 Å². The van der Waals surface area contributed by atoms with Gasteiger partial charge in [0.25, 0.3) is 0 Å². The maximum absolute atomic E-state index is 12.4. The number of aliphatic carboxylic acids is 1. The zero-order valence-electron chi connectivity index (χ0n) is 10.1. The van der Waals surface area contributed by atoms with E-state index in [1.165, 1.54) is 10.4 Å². The van der Waals surface area contributed by atoms with Crippen LogP contribution in [0.5, 0.6) is 0 Å². The minimum atomic E-state index is -4.71. The number of aryl methyl sites for hydroxylation is 2. The van der Waals surface area contributed by atoms with Crippen LogP contribution in [0.25, 0.3) is 0 Å². The van der Waals surface area contributed by atoms with Crippen LogP contribution in [0.4, 0.5) is 13.2 Å². The van der Waals surface area contributed by atoms with E-state index in [1.807, 2.05) is 6.07 Å². The van der Waals surface area contributed by atoms with Crippen LogP contribution < -0.4 is 5.32 Å². The predicted octanol–water partition coefficient (Wildman–Crippen LogP) is 2.59. The van der Waals surface area contributed by atoms with Gasteiger partial charge < -0.3 is 10.4 Å². The second kappa shape index (κ2) is 5.50. The van der Waals surface area contributed by atoms with Crippen LogP contribution in [0.3, 0.4) is 0 Å². The van der Waals surface area contributed by atoms with Gasteiger partial charge in [0, 0.05) is 22.8 Å². The van der Waals surface area contributed by atoms with Crippen molar-refractivity contribution in [3.05, 3.63) is 21.4 Å². The lowest BCUT2D eigenvalue weighted by atomic mass is 10.1. The quantitative estimate of drug-likeness (QED) is 0.877. The summed E-state index contributed by atoms with van der Waals surface area (Å²) < 4.78 is 37.2. The van der Waals surface area contributed by atoms with E-state index in [2.05, 4.69) is 5.32 Å². The minimum absolute atomic E-state index is 0.289. The molecule has 1 aromatic heterocycles. The first-order chi connectivity index (χ1) is 8.88. The second-order valence-electron chi connectivity index (χ2n) is 4.58. The van der Waals surface area contributed by atoms with Crippen LogP contribution >= 0.6 is 11.3 Å². The highest BCUT2D eigenvalue weighted by Crippen LogP contribution is 2.31. The van der Waals surface area contributed by atoms with Gasteiger partial charge in [-0.1, -0.05) is 0 Å². The van der Waals surface area contributed by atoms with Gasteiger partial charge in [-0.2, -0.15) is 13.2 Å². The zero-order valence-corrected chi connectivity index (χ0v) is 10.9. The average molecular weight is 293 g/mol. The summed E-state index contributed by atoms with van der Waals surface area (Å²) in [6.07, 6.45) is -1.49. The maximum Gasteiger partial charge on any atom is 0.403 e. The van der Waals surface area contributed by atoms with Crippen molar-refractivity contribution in [3.8, 4) is 0 Å². The molecule has 7 heteroatoms. The molecule has 0 saturated heterocycles. The molecule has 19 heavy (non-hydrogen) atoms. The van der Waals surface area contributed by atoms with Gasteiger partial charge in [-0.15, -0.1) is 11.3 Å². The molecule has 0 aliphatic heterocycles. The fourth-order valence-electron chi connectivity index (χ4n) is 2.16. The molecule has 1 aromatic rings. The van der Waals surface area contributed by atoms with Gasteiger partial charge >= 0.3 is 12.1 Å². The lowest BCUT2D eigenvalue weighted by Gasteiger charge is -2.16. The monoisotopic (exact) mass is 293 g/mol. The van der Waals surface area contributed by atoms with Crippen molar-refractivity contribution in [1.82, 2.24) is 5.32 Å². The Kier molecular flexibility index (Phi) is 4.15. The molecule has 0 spiro atoms. The van der Waals surface area contributed by atoms with Gasteiger partial charge in [0.2, 0.25) is 0 Å². The molecule has 1 aliphatic rings. The SMILES string of the molecule is O=C(O)C(CNCc1cc2c(s1)CCC2)C(F)(F)F. The number of carboxylic acids is 1. The van der Waals surface area contributed by atoms with Crippen molar-refractivity contribution in [2.24, 2.45) is 5.92 Å². The number of hydrogen-bond donors (Lipinski definition) is 2. The fourth-order valence-corrected chi connectivity index (χ4v) is 3.39. The van der Waals surface area contributed by atoms with Crippen molar-refractivity contribution in [3.63, 3.8) is 0 Å². The molecule has 1 aliphatic carbocycles. The highest BCUT2D eigenvalue weighted by atomic mass is 32.1. The lowest BCUT2D eigenvalue weighted by Crippen LogP contribution is -2.38. The van der Waals surface area contributed by atoms with Gasteiger partial charge in [0.05, 0.1) is 0 Å². The average Bonchev–Trinajstić information content (AvgIpc) is 2.81. The number of nitrogens with one attached hydrogen (secondary N) is 1. The third-order valence-corrected chi connectivity index (χ3v) is 4.38. The zero-order chi connectivity index (χ0) is 14.0. The van der Waals surface area contributed by atoms with Crippen LogP contribution in [-0.2, 0) is 24.2 Å². The van der Waals surface area contributed by atoms with Crippen molar-refractivity contribution in [2.75, 3.05) is 6.54 Å². The van der Waals surface area contributed by atoms with Gasteiger partial charge in [-0.25, -0.2) is 0 Å². The molecule has 1 unspecified atom stereocenters. The van der Waals surface area contributed by atoms with Gasteiger partial charge in [0.1, 0.15) is 0 Å². The molecule has 0 aromatic carbocycles. The molecule has 0 bridgehead atoms. The molecule has 3 nitrogen and oxygen atoms in total. The molecule has 2 N–H and O–H groups in total. The summed E-state index contributed by atoms with van der Waals surface area (Å²) in [7, 11) is 0. The molecule has 0 amide bonds. The van der Waals surface area contributed by atoms with E-state index >= 15 is 0 Å². The predicted molar refractivity (Wildman–Crippen MR) is 65.2 cm³/mol. The molecular formula is C12H14F3NO2S. The Morgan fingerprint density at radius 1 is 1.47 bits per heavy atom. The summed E-state index contributed by atoms with van der Waals surface area (Å²) in [6.45, 7) is -0.307. The standard InChI is InChI=1S/C12H14F3NO2S/c13-12(14,15)9(11(17)18)6-16-5-8-4-7-2-1-3-10(7)19-8/h4,9,16H,1-3,5-6H2,(H,17,18). The fraction of sp³-hybridized carbons (Fsp3) is 0.583. The molecule has 1 heterocycles. The minimum Gasteiger partial charge on any atom is -0.481 e. The number of carbonyl (C=O) groups is 1. The van der Waals surface area contributed by atoms with Crippen molar-refractivity contribution < 1.29 is 23.1 Å². The maximum atomic E-state index is 12.4. The lowest BCUT2D eigenvalue weighted by molar-refractivity contribution is -0.192. The third kappa shape index (κ3) is 3.48. The third-order valence-electron chi connectivity index (χ3n) is 3.14. The molecule has 0 fully saturated rings. The second-order valence-corrected chi connectivity index (χ2v) is 5.80.